The lowest BCUT2D eigenvalue weighted by Crippen LogP contribution is -2.44. The maximum absolute atomic E-state index is 15.3. The number of rotatable bonds is 5. The fourth-order valence-electron chi connectivity index (χ4n) is 4.33. The van der Waals surface area contributed by atoms with Crippen LogP contribution in [0.4, 0.5) is 19.3 Å². The zero-order chi connectivity index (χ0) is 24.9. The summed E-state index contributed by atoms with van der Waals surface area (Å²) in [4.78, 5) is 38.8. The molecule has 1 aliphatic carbocycles. The number of anilines is 1. The summed E-state index contributed by atoms with van der Waals surface area (Å²) < 4.78 is 42.7. The number of nitrogens with zero attached hydrogens (tertiary/aromatic N) is 3. The molecule has 12 heteroatoms. The molecule has 3 N–H and O–H groups in total. The highest BCUT2D eigenvalue weighted by molar-refractivity contribution is 5.91. The zero-order valence-electron chi connectivity index (χ0n) is 19.6. The van der Waals surface area contributed by atoms with Gasteiger partial charge in [-0.3, -0.25) is 9.36 Å². The van der Waals surface area contributed by atoms with Crippen molar-refractivity contribution < 1.29 is 23.0 Å². The molecule has 10 nitrogen and oxygen atoms in total. The molecule has 34 heavy (non-hydrogen) atoms. The Bertz CT molecular complexity index is 1250. The minimum Gasteiger partial charge on any atom is -0.492 e. The molecular weight excluding hydrogens is 452 g/mol. The zero-order valence-corrected chi connectivity index (χ0v) is 19.6. The number of methoxy groups -OCH3 is 1. The van der Waals surface area contributed by atoms with Crippen molar-refractivity contribution in [3.8, 4) is 5.75 Å². The molecule has 1 saturated heterocycles. The van der Waals surface area contributed by atoms with Gasteiger partial charge in [0, 0.05) is 31.6 Å². The van der Waals surface area contributed by atoms with Gasteiger partial charge >= 0.3 is 11.8 Å². The number of ether oxygens (including phenoxy) is 2. The highest BCUT2D eigenvalue weighted by Crippen LogP contribution is 2.43. The number of carbonyl (C=O) groups is 1. The molecule has 2 fully saturated rings. The Balaban J connectivity index is 1.70. The number of carbonyl (C=O) groups excluding carboxylic acids is 1. The Morgan fingerprint density at radius 2 is 1.94 bits per heavy atom. The van der Waals surface area contributed by atoms with E-state index in [9.17, 15) is 18.8 Å². The molecule has 4 rings (SSSR count). The summed E-state index contributed by atoms with van der Waals surface area (Å²) in [7, 11) is 1.30. The number of nitrogen functional groups attached to an aromatic ring is 1. The van der Waals surface area contributed by atoms with Crippen molar-refractivity contribution in [1.29, 1.82) is 0 Å². The molecule has 1 amide bonds. The van der Waals surface area contributed by atoms with Crippen molar-refractivity contribution in [1.82, 2.24) is 14.6 Å². The molecule has 0 radical (unpaired) electrons. The maximum atomic E-state index is 15.3. The molecule has 1 aliphatic heterocycles. The second-order valence-electron chi connectivity index (χ2n) is 9.76. The van der Waals surface area contributed by atoms with E-state index in [-0.39, 0.29) is 48.0 Å². The molecule has 1 aromatic carbocycles. The fourth-order valence-corrected chi connectivity index (χ4v) is 4.33. The number of fused-ring (bicyclic) bond motifs is 1. The number of alkyl halides is 1. The molecule has 0 spiro atoms. The van der Waals surface area contributed by atoms with Crippen molar-refractivity contribution in [2.24, 2.45) is 5.92 Å². The predicted octanol–water partition coefficient (Wildman–Crippen LogP) is 1.66. The maximum Gasteiger partial charge on any atom is 0.407 e. The highest BCUT2D eigenvalue weighted by Gasteiger charge is 2.38. The van der Waals surface area contributed by atoms with Crippen molar-refractivity contribution in [2.45, 2.75) is 51.4 Å². The largest absolute Gasteiger partial charge is 0.492 e. The van der Waals surface area contributed by atoms with Crippen LogP contribution in [0.3, 0.4) is 0 Å². The molecule has 186 valence electrons. The van der Waals surface area contributed by atoms with Gasteiger partial charge in [-0.15, -0.1) is 0 Å². The van der Waals surface area contributed by atoms with Gasteiger partial charge in [-0.2, -0.15) is 4.68 Å². The van der Waals surface area contributed by atoms with Crippen LogP contribution >= 0.6 is 0 Å². The summed E-state index contributed by atoms with van der Waals surface area (Å²) in [6.45, 7) is 5.08. The number of halogens is 2. The van der Waals surface area contributed by atoms with Crippen molar-refractivity contribution >= 4 is 22.7 Å². The molecule has 2 atom stereocenters. The second-order valence-corrected chi connectivity index (χ2v) is 9.76. The number of amides is 1. The van der Waals surface area contributed by atoms with Crippen LogP contribution in [0.2, 0.25) is 0 Å². The third-order valence-electron chi connectivity index (χ3n) is 5.99. The fraction of sp³-hybridized carbons (Fsp3) is 0.591. The van der Waals surface area contributed by atoms with Crippen LogP contribution in [-0.4, -0.2) is 53.9 Å². The molecular formula is C22H29F2N5O5. The SMILES string of the molecule is COc1c(N2C[C@H](CNC(=O)OC(C)(C)C)[C@H](F)C2)c(F)cc2c(=O)n(N)c(=O)n(C3CC3)c12. The Kier molecular flexibility index (Phi) is 5.94. The van der Waals surface area contributed by atoms with E-state index in [4.69, 9.17) is 15.3 Å². The van der Waals surface area contributed by atoms with E-state index in [0.29, 0.717) is 17.5 Å². The number of aromatic nitrogens is 2. The predicted molar refractivity (Wildman–Crippen MR) is 122 cm³/mol. The van der Waals surface area contributed by atoms with E-state index in [2.05, 4.69) is 5.32 Å². The van der Waals surface area contributed by atoms with Crippen molar-refractivity contribution in [3.63, 3.8) is 0 Å². The van der Waals surface area contributed by atoms with Crippen LogP contribution in [0.1, 0.15) is 39.7 Å². The van der Waals surface area contributed by atoms with E-state index in [0.717, 1.165) is 6.07 Å². The minimum absolute atomic E-state index is 0.00520. The molecule has 2 aliphatic rings. The van der Waals surface area contributed by atoms with E-state index < -0.39 is 40.9 Å². The van der Waals surface area contributed by atoms with E-state index in [1.807, 2.05) is 0 Å². The van der Waals surface area contributed by atoms with E-state index in [1.165, 1.54) is 16.6 Å². The number of hydrogen-bond acceptors (Lipinski definition) is 7. The second kappa shape index (κ2) is 8.48. The first-order chi connectivity index (χ1) is 15.9. The van der Waals surface area contributed by atoms with Gasteiger partial charge in [0.1, 0.15) is 23.0 Å². The van der Waals surface area contributed by atoms with Gasteiger partial charge in [0.25, 0.3) is 5.56 Å². The lowest BCUT2D eigenvalue weighted by molar-refractivity contribution is 0.0515. The van der Waals surface area contributed by atoms with Crippen LogP contribution in [0.15, 0.2) is 15.7 Å². The molecule has 1 saturated carbocycles. The van der Waals surface area contributed by atoms with Crippen LogP contribution < -0.4 is 32.0 Å². The third kappa shape index (κ3) is 4.28. The molecule has 2 aromatic rings. The van der Waals surface area contributed by atoms with Crippen molar-refractivity contribution in [2.75, 3.05) is 37.5 Å². The normalized spacial score (nSPS) is 20.6. The average Bonchev–Trinajstić information content (AvgIpc) is 3.51. The molecule has 0 unspecified atom stereocenters. The lowest BCUT2D eigenvalue weighted by Gasteiger charge is -2.24. The third-order valence-corrected chi connectivity index (χ3v) is 5.99. The van der Waals surface area contributed by atoms with E-state index >= 15 is 4.39 Å². The number of nitrogens with two attached hydrogens (primary N) is 1. The Morgan fingerprint density at radius 3 is 2.53 bits per heavy atom. The number of benzene rings is 1. The Morgan fingerprint density at radius 1 is 1.26 bits per heavy atom. The summed E-state index contributed by atoms with van der Waals surface area (Å²) in [5, 5.41) is 2.46. The summed E-state index contributed by atoms with van der Waals surface area (Å²) >= 11 is 0. The monoisotopic (exact) mass is 481 g/mol. The Hall–Kier alpha value is -3.31. The summed E-state index contributed by atoms with van der Waals surface area (Å²) in [6, 6.07) is 0.826. The quantitative estimate of drug-likeness (QED) is 0.623. The van der Waals surface area contributed by atoms with Gasteiger partial charge in [0.2, 0.25) is 0 Å². The number of hydrogen-bond donors (Lipinski definition) is 2. The highest BCUT2D eigenvalue weighted by atomic mass is 19.1. The molecule has 2 heterocycles. The smallest absolute Gasteiger partial charge is 0.407 e. The van der Waals surface area contributed by atoms with Gasteiger partial charge in [-0.05, 0) is 39.7 Å². The lowest BCUT2D eigenvalue weighted by atomic mass is 10.1. The summed E-state index contributed by atoms with van der Waals surface area (Å²) in [5.41, 5.74) is -2.16. The van der Waals surface area contributed by atoms with Gasteiger partial charge < -0.3 is 25.5 Å². The van der Waals surface area contributed by atoms with Crippen LogP contribution in [0.25, 0.3) is 10.9 Å². The van der Waals surface area contributed by atoms with Gasteiger partial charge in [0.05, 0.1) is 12.5 Å². The summed E-state index contributed by atoms with van der Waals surface area (Å²) in [6.07, 6.45) is -0.619. The molecule has 0 bridgehead atoms. The van der Waals surface area contributed by atoms with Crippen molar-refractivity contribution in [3.05, 3.63) is 32.7 Å². The first-order valence-electron chi connectivity index (χ1n) is 11.1. The summed E-state index contributed by atoms with van der Waals surface area (Å²) in [5.74, 6) is 4.20. The number of alkyl carbamates (subject to hydrolysis) is 1. The van der Waals surface area contributed by atoms with Gasteiger partial charge in [0.15, 0.2) is 11.6 Å². The Labute approximate surface area is 194 Å². The van der Waals surface area contributed by atoms with Crippen LogP contribution in [0, 0.1) is 11.7 Å². The minimum atomic E-state index is -1.36. The molecule has 1 aromatic heterocycles. The van der Waals surface area contributed by atoms with Crippen LogP contribution in [0.5, 0.6) is 5.75 Å². The topological polar surface area (TPSA) is 121 Å². The van der Waals surface area contributed by atoms with Gasteiger partial charge in [-0.25, -0.2) is 18.4 Å². The van der Waals surface area contributed by atoms with Gasteiger partial charge in [-0.1, -0.05) is 0 Å². The average molecular weight is 482 g/mol. The first kappa shape index (κ1) is 23.8. The standard InChI is InChI=1S/C22H29F2N5O5/c1-22(2,3)34-20(31)26-8-11-9-27(10-15(11)24)17-14(23)7-13-16(18(17)33-4)28(12-5-6-12)21(32)29(25)19(13)30/h7,11-12,15H,5-6,8-10,25H2,1-4H3,(H,26,31)/t11-,15+/m0/s1. The number of nitrogens with one attached hydrogen (secondary N) is 1. The van der Waals surface area contributed by atoms with E-state index in [1.54, 1.807) is 20.8 Å². The first-order valence-corrected chi connectivity index (χ1v) is 11.1. The van der Waals surface area contributed by atoms with Crippen LogP contribution in [-0.2, 0) is 4.74 Å².